The summed E-state index contributed by atoms with van der Waals surface area (Å²) in [6.45, 7) is 1.14. The number of hydrogen-bond acceptors (Lipinski definition) is 5. The van der Waals surface area contributed by atoms with Crippen LogP contribution < -0.4 is 5.32 Å². The molecule has 1 saturated heterocycles. The number of ether oxygens (including phenoxy) is 1. The number of benzene rings is 1. The van der Waals surface area contributed by atoms with E-state index in [4.69, 9.17) is 4.74 Å². The Morgan fingerprint density at radius 3 is 2.82 bits per heavy atom. The Bertz CT molecular complexity index is 1120. The average molecular weight is 390 g/mol. The normalized spacial score (nSPS) is 14.1. The highest BCUT2D eigenvalue weighted by Gasteiger charge is 2.22. The number of thiophene rings is 1. The maximum atomic E-state index is 12.6. The van der Waals surface area contributed by atoms with Gasteiger partial charge in [0.05, 0.1) is 24.9 Å². The van der Waals surface area contributed by atoms with Crippen LogP contribution in [0.5, 0.6) is 0 Å². The first kappa shape index (κ1) is 17.1. The van der Waals surface area contributed by atoms with E-state index >= 15 is 0 Å². The maximum absolute atomic E-state index is 12.6. The van der Waals surface area contributed by atoms with Crippen molar-refractivity contribution in [3.8, 4) is 5.69 Å². The van der Waals surface area contributed by atoms with Gasteiger partial charge in [-0.25, -0.2) is 9.67 Å². The Morgan fingerprint density at radius 1 is 1.25 bits per heavy atom. The molecule has 28 heavy (non-hydrogen) atoms. The van der Waals surface area contributed by atoms with E-state index in [1.165, 1.54) is 5.56 Å². The third-order valence-corrected chi connectivity index (χ3v) is 5.64. The fourth-order valence-electron chi connectivity index (χ4n) is 3.27. The van der Waals surface area contributed by atoms with Crippen LogP contribution in [-0.2, 0) is 11.2 Å². The number of carbonyl (C=O) groups is 1. The van der Waals surface area contributed by atoms with Gasteiger partial charge in [-0.3, -0.25) is 4.79 Å². The number of carbonyl (C=O) groups excluding carboxylic acids is 1. The minimum atomic E-state index is -0.140. The van der Waals surface area contributed by atoms with Crippen LogP contribution in [-0.4, -0.2) is 39.9 Å². The highest BCUT2D eigenvalue weighted by molar-refractivity contribution is 7.16. The van der Waals surface area contributed by atoms with Crippen molar-refractivity contribution in [1.82, 2.24) is 20.1 Å². The molecule has 0 saturated carbocycles. The number of amides is 1. The number of nitrogens with zero attached hydrogens (tertiary/aromatic N) is 3. The second-order valence-electron chi connectivity index (χ2n) is 6.81. The summed E-state index contributed by atoms with van der Waals surface area (Å²) in [6, 6.07) is 14.3. The molecular formula is C21H18N4O2S. The quantitative estimate of drug-likeness (QED) is 0.568. The van der Waals surface area contributed by atoms with Crippen molar-refractivity contribution in [2.24, 2.45) is 0 Å². The molecule has 1 N–H and O–H groups in total. The van der Waals surface area contributed by atoms with Crippen molar-refractivity contribution in [3.05, 3.63) is 77.1 Å². The summed E-state index contributed by atoms with van der Waals surface area (Å²) >= 11 is 1.56. The fourth-order valence-corrected chi connectivity index (χ4v) is 4.08. The van der Waals surface area contributed by atoms with Gasteiger partial charge < -0.3 is 10.1 Å². The number of hydrogen-bond donors (Lipinski definition) is 1. The zero-order valence-corrected chi connectivity index (χ0v) is 15.9. The molecule has 0 unspecified atom stereocenters. The second kappa shape index (κ2) is 7.18. The first-order valence-electron chi connectivity index (χ1n) is 9.11. The van der Waals surface area contributed by atoms with Crippen molar-refractivity contribution < 1.29 is 9.53 Å². The largest absolute Gasteiger partial charge is 0.377 e. The van der Waals surface area contributed by atoms with Crippen LogP contribution in [0.4, 0.5) is 0 Å². The molecule has 1 fully saturated rings. The summed E-state index contributed by atoms with van der Waals surface area (Å²) in [5, 5.41) is 10.3. The van der Waals surface area contributed by atoms with Gasteiger partial charge in [0, 0.05) is 17.8 Å². The first-order chi connectivity index (χ1) is 13.8. The van der Waals surface area contributed by atoms with Gasteiger partial charge in [-0.1, -0.05) is 12.1 Å². The monoisotopic (exact) mass is 390 g/mol. The van der Waals surface area contributed by atoms with Crippen LogP contribution in [0, 0.1) is 0 Å². The fraction of sp³-hybridized carbons (Fsp3) is 0.190. The van der Waals surface area contributed by atoms with Gasteiger partial charge in [-0.15, -0.1) is 11.3 Å². The molecule has 0 aliphatic carbocycles. The second-order valence-corrected chi connectivity index (χ2v) is 7.70. The predicted molar refractivity (Wildman–Crippen MR) is 108 cm³/mol. The van der Waals surface area contributed by atoms with Crippen molar-refractivity contribution >= 4 is 27.5 Å². The Balaban J connectivity index is 1.42. The minimum Gasteiger partial charge on any atom is -0.377 e. The number of fused-ring (bicyclic) bond motifs is 1. The molecule has 1 aromatic carbocycles. The summed E-state index contributed by atoms with van der Waals surface area (Å²) in [5.74, 6) is -0.140. The third-order valence-electron chi connectivity index (χ3n) is 4.83. The van der Waals surface area contributed by atoms with Gasteiger partial charge in [0.25, 0.3) is 5.91 Å². The number of aromatic nitrogens is 3. The third kappa shape index (κ3) is 3.30. The molecule has 0 radical (unpaired) electrons. The Kier molecular flexibility index (Phi) is 4.38. The lowest BCUT2D eigenvalue weighted by molar-refractivity contribution is -0.00354. The predicted octanol–water partition coefficient (Wildman–Crippen LogP) is 3.20. The number of nitrogens with one attached hydrogen (secondary N) is 1. The Hall–Kier alpha value is -3.03. The van der Waals surface area contributed by atoms with E-state index in [2.05, 4.69) is 45.7 Å². The van der Waals surface area contributed by atoms with Crippen LogP contribution in [0.1, 0.15) is 21.6 Å². The summed E-state index contributed by atoms with van der Waals surface area (Å²) in [7, 11) is 0. The molecule has 0 spiro atoms. The van der Waals surface area contributed by atoms with E-state index < -0.39 is 0 Å². The van der Waals surface area contributed by atoms with Gasteiger partial charge in [-0.05, 0) is 53.3 Å². The maximum Gasteiger partial charge on any atom is 0.270 e. The van der Waals surface area contributed by atoms with Gasteiger partial charge >= 0.3 is 0 Å². The van der Waals surface area contributed by atoms with Crippen LogP contribution >= 0.6 is 11.3 Å². The SMILES string of the molecule is O=C(NC1COC1)c1cc(Cc2ccc(-n3cccn3)cc2)c2ccsc2n1. The molecule has 4 heterocycles. The molecule has 1 aliphatic rings. The smallest absolute Gasteiger partial charge is 0.270 e. The first-order valence-corrected chi connectivity index (χ1v) is 9.99. The van der Waals surface area contributed by atoms with Crippen molar-refractivity contribution in [2.45, 2.75) is 12.5 Å². The van der Waals surface area contributed by atoms with Crippen LogP contribution in [0.2, 0.25) is 0 Å². The zero-order chi connectivity index (χ0) is 18.9. The van der Waals surface area contributed by atoms with Gasteiger partial charge in [0.1, 0.15) is 10.5 Å². The van der Waals surface area contributed by atoms with E-state index in [9.17, 15) is 4.79 Å². The summed E-state index contributed by atoms with van der Waals surface area (Å²) in [5.41, 5.74) is 3.76. The molecule has 1 amide bonds. The van der Waals surface area contributed by atoms with Crippen LogP contribution in [0.15, 0.2) is 60.2 Å². The van der Waals surface area contributed by atoms with E-state index in [1.54, 1.807) is 17.5 Å². The van der Waals surface area contributed by atoms with Gasteiger partial charge in [-0.2, -0.15) is 5.10 Å². The lowest BCUT2D eigenvalue weighted by Gasteiger charge is -2.26. The van der Waals surface area contributed by atoms with Crippen LogP contribution in [0.25, 0.3) is 15.9 Å². The topological polar surface area (TPSA) is 69.0 Å². The summed E-state index contributed by atoms with van der Waals surface area (Å²) in [4.78, 5) is 18.0. The molecule has 140 valence electrons. The Morgan fingerprint density at radius 2 is 2.11 bits per heavy atom. The van der Waals surface area contributed by atoms with E-state index in [1.807, 2.05) is 28.4 Å². The molecule has 5 rings (SSSR count). The molecule has 0 bridgehead atoms. The highest BCUT2D eigenvalue weighted by atomic mass is 32.1. The molecule has 4 aromatic rings. The van der Waals surface area contributed by atoms with Gasteiger partial charge in [0.2, 0.25) is 0 Å². The molecule has 6 nitrogen and oxygen atoms in total. The summed E-state index contributed by atoms with van der Waals surface area (Å²) in [6.07, 6.45) is 4.42. The molecule has 3 aromatic heterocycles. The lowest BCUT2D eigenvalue weighted by atomic mass is 10.0. The van der Waals surface area contributed by atoms with Crippen molar-refractivity contribution in [1.29, 1.82) is 0 Å². The zero-order valence-electron chi connectivity index (χ0n) is 15.0. The highest BCUT2D eigenvalue weighted by Crippen LogP contribution is 2.26. The number of pyridine rings is 1. The van der Waals surface area contributed by atoms with E-state index in [0.29, 0.717) is 18.9 Å². The summed E-state index contributed by atoms with van der Waals surface area (Å²) < 4.78 is 6.96. The standard InChI is InChI=1S/C21H18N4O2S/c26-20(23-16-12-27-13-16)19-11-15(18-6-9-28-21(18)24-19)10-14-2-4-17(5-3-14)25-8-1-7-22-25/h1-9,11,16H,10,12-13H2,(H,23,26). The molecular weight excluding hydrogens is 372 g/mol. The minimum absolute atomic E-state index is 0.0895. The average Bonchev–Trinajstić information content (AvgIpc) is 3.37. The van der Waals surface area contributed by atoms with Gasteiger partial charge in [0.15, 0.2) is 0 Å². The Labute approximate surface area is 165 Å². The van der Waals surface area contributed by atoms with E-state index in [-0.39, 0.29) is 11.9 Å². The molecule has 7 heteroatoms. The number of rotatable bonds is 5. The van der Waals surface area contributed by atoms with Crippen LogP contribution in [0.3, 0.4) is 0 Å². The lowest BCUT2D eigenvalue weighted by Crippen LogP contribution is -2.48. The molecule has 1 aliphatic heterocycles. The molecule has 0 atom stereocenters. The van der Waals surface area contributed by atoms with E-state index in [0.717, 1.165) is 27.9 Å². The van der Waals surface area contributed by atoms with Crippen molar-refractivity contribution in [3.63, 3.8) is 0 Å². The van der Waals surface area contributed by atoms with Crippen molar-refractivity contribution in [2.75, 3.05) is 13.2 Å².